The standard InChI is InChI=1S/C11H13NO4/c1-16-6-2-3-9-7(4-6)8(11(14)15)5-10(13)12-9/h5-6H,2-4H2,1H3,(H,12,13)(H,14,15). The highest BCUT2D eigenvalue weighted by atomic mass is 16.5. The van der Waals surface area contributed by atoms with Crippen molar-refractivity contribution in [3.8, 4) is 0 Å². The third kappa shape index (κ3) is 1.86. The Balaban J connectivity index is 2.51. The zero-order valence-electron chi connectivity index (χ0n) is 8.95. The van der Waals surface area contributed by atoms with Crippen LogP contribution in [0.4, 0.5) is 0 Å². The van der Waals surface area contributed by atoms with Crippen LogP contribution in [0.5, 0.6) is 0 Å². The second kappa shape index (κ2) is 4.09. The summed E-state index contributed by atoms with van der Waals surface area (Å²) in [5, 5.41) is 9.03. The number of aromatic nitrogens is 1. The van der Waals surface area contributed by atoms with Crippen LogP contribution < -0.4 is 5.56 Å². The van der Waals surface area contributed by atoms with E-state index in [1.165, 1.54) is 0 Å². The van der Waals surface area contributed by atoms with E-state index in [2.05, 4.69) is 4.98 Å². The molecule has 0 radical (unpaired) electrons. The topological polar surface area (TPSA) is 79.4 Å². The molecule has 0 saturated carbocycles. The number of hydrogen-bond donors (Lipinski definition) is 2. The van der Waals surface area contributed by atoms with Gasteiger partial charge in [0.1, 0.15) is 0 Å². The van der Waals surface area contributed by atoms with Crippen molar-refractivity contribution >= 4 is 5.97 Å². The van der Waals surface area contributed by atoms with Crippen molar-refractivity contribution in [1.82, 2.24) is 4.98 Å². The maximum Gasteiger partial charge on any atom is 0.336 e. The van der Waals surface area contributed by atoms with Gasteiger partial charge in [0.05, 0.1) is 11.7 Å². The van der Waals surface area contributed by atoms with Crippen molar-refractivity contribution in [1.29, 1.82) is 0 Å². The van der Waals surface area contributed by atoms with E-state index in [0.29, 0.717) is 18.4 Å². The third-order valence-corrected chi connectivity index (χ3v) is 2.95. The zero-order chi connectivity index (χ0) is 11.7. The third-order valence-electron chi connectivity index (χ3n) is 2.95. The van der Waals surface area contributed by atoms with Gasteiger partial charge in [0.15, 0.2) is 0 Å². The predicted molar refractivity (Wildman–Crippen MR) is 56.8 cm³/mol. The average Bonchev–Trinajstić information content (AvgIpc) is 2.27. The number of carboxylic acids is 1. The lowest BCUT2D eigenvalue weighted by Crippen LogP contribution is -2.27. The highest BCUT2D eigenvalue weighted by molar-refractivity contribution is 5.89. The number of methoxy groups -OCH3 is 1. The molecule has 86 valence electrons. The van der Waals surface area contributed by atoms with Crippen LogP contribution in [0, 0.1) is 0 Å². The summed E-state index contributed by atoms with van der Waals surface area (Å²) in [6.45, 7) is 0. The minimum Gasteiger partial charge on any atom is -0.478 e. The molecule has 0 fully saturated rings. The highest BCUT2D eigenvalue weighted by Gasteiger charge is 2.24. The fraction of sp³-hybridized carbons (Fsp3) is 0.455. The summed E-state index contributed by atoms with van der Waals surface area (Å²) in [5.74, 6) is -1.06. The summed E-state index contributed by atoms with van der Waals surface area (Å²) >= 11 is 0. The summed E-state index contributed by atoms with van der Waals surface area (Å²) in [6, 6.07) is 1.14. The van der Waals surface area contributed by atoms with Crippen molar-refractivity contribution in [3.05, 3.63) is 33.2 Å². The number of carboxylic acid groups (broad SMARTS) is 1. The molecule has 0 aromatic carbocycles. The second-order valence-corrected chi connectivity index (χ2v) is 3.91. The van der Waals surface area contributed by atoms with Gasteiger partial charge in [0.2, 0.25) is 5.56 Å². The van der Waals surface area contributed by atoms with Gasteiger partial charge in [-0.05, 0) is 18.4 Å². The summed E-state index contributed by atoms with van der Waals surface area (Å²) in [6.07, 6.45) is 2.05. The molecular formula is C11H13NO4. The Kier molecular flexibility index (Phi) is 2.78. The van der Waals surface area contributed by atoms with Gasteiger partial charge >= 0.3 is 5.97 Å². The molecule has 2 rings (SSSR count). The first-order valence-electron chi connectivity index (χ1n) is 5.13. The van der Waals surface area contributed by atoms with Crippen molar-refractivity contribution in [3.63, 3.8) is 0 Å². The fourth-order valence-electron chi connectivity index (χ4n) is 2.11. The second-order valence-electron chi connectivity index (χ2n) is 3.91. The van der Waals surface area contributed by atoms with E-state index in [0.717, 1.165) is 18.2 Å². The van der Waals surface area contributed by atoms with Crippen molar-refractivity contribution < 1.29 is 14.6 Å². The highest BCUT2D eigenvalue weighted by Crippen LogP contribution is 2.23. The van der Waals surface area contributed by atoms with E-state index in [1.807, 2.05) is 0 Å². The monoisotopic (exact) mass is 223 g/mol. The quantitative estimate of drug-likeness (QED) is 0.768. The maximum atomic E-state index is 11.3. The molecule has 1 aliphatic rings. The van der Waals surface area contributed by atoms with Gasteiger partial charge in [-0.2, -0.15) is 0 Å². The molecule has 16 heavy (non-hydrogen) atoms. The van der Waals surface area contributed by atoms with Crippen LogP contribution in [0.2, 0.25) is 0 Å². The number of aromatic amines is 1. The number of fused-ring (bicyclic) bond motifs is 1. The summed E-state index contributed by atoms with van der Waals surface area (Å²) in [7, 11) is 1.61. The molecule has 1 aromatic rings. The predicted octanol–water partition coefficient (Wildman–Crippen LogP) is 0.577. The minimum atomic E-state index is -1.06. The number of pyridine rings is 1. The van der Waals surface area contributed by atoms with Crippen LogP contribution in [0.1, 0.15) is 28.0 Å². The lowest BCUT2D eigenvalue weighted by atomic mass is 9.90. The maximum absolute atomic E-state index is 11.3. The van der Waals surface area contributed by atoms with Crippen molar-refractivity contribution in [2.75, 3.05) is 7.11 Å². The van der Waals surface area contributed by atoms with Crippen LogP contribution in [0.25, 0.3) is 0 Å². The largest absolute Gasteiger partial charge is 0.478 e. The summed E-state index contributed by atoms with van der Waals surface area (Å²) in [5.41, 5.74) is 1.18. The zero-order valence-corrected chi connectivity index (χ0v) is 8.95. The van der Waals surface area contributed by atoms with Crippen LogP contribution in [0.3, 0.4) is 0 Å². The van der Waals surface area contributed by atoms with E-state index in [9.17, 15) is 9.59 Å². The van der Waals surface area contributed by atoms with E-state index in [1.54, 1.807) is 7.11 Å². The van der Waals surface area contributed by atoms with E-state index in [-0.39, 0.29) is 17.2 Å². The van der Waals surface area contributed by atoms with Gasteiger partial charge < -0.3 is 14.8 Å². The first-order chi connectivity index (χ1) is 7.61. The lowest BCUT2D eigenvalue weighted by molar-refractivity contribution is 0.0687. The Morgan fingerprint density at radius 3 is 3.00 bits per heavy atom. The molecule has 0 spiro atoms. The Morgan fingerprint density at radius 2 is 2.38 bits per heavy atom. The van der Waals surface area contributed by atoms with E-state index in [4.69, 9.17) is 9.84 Å². The molecule has 0 aliphatic heterocycles. The number of nitrogens with one attached hydrogen (secondary N) is 1. The van der Waals surface area contributed by atoms with Gasteiger partial charge in [-0.15, -0.1) is 0 Å². The Hall–Kier alpha value is -1.62. The fourth-order valence-corrected chi connectivity index (χ4v) is 2.11. The number of aromatic carboxylic acids is 1. The van der Waals surface area contributed by atoms with Crippen LogP contribution >= 0.6 is 0 Å². The van der Waals surface area contributed by atoms with Gasteiger partial charge in [0, 0.05) is 25.3 Å². The van der Waals surface area contributed by atoms with Crippen LogP contribution in [0.15, 0.2) is 10.9 Å². The molecule has 1 aliphatic carbocycles. The number of ether oxygens (including phenoxy) is 1. The molecule has 5 nitrogen and oxygen atoms in total. The number of H-pyrrole nitrogens is 1. The molecule has 0 bridgehead atoms. The SMILES string of the molecule is COC1CCc2[nH]c(=O)cc(C(=O)O)c2C1. The molecule has 0 amide bonds. The van der Waals surface area contributed by atoms with Gasteiger partial charge in [-0.1, -0.05) is 0 Å². The average molecular weight is 223 g/mol. The summed E-state index contributed by atoms with van der Waals surface area (Å²) < 4.78 is 5.23. The van der Waals surface area contributed by atoms with E-state index < -0.39 is 5.97 Å². The molecule has 1 aromatic heterocycles. The molecular weight excluding hydrogens is 210 g/mol. The Bertz CT molecular complexity index is 477. The van der Waals surface area contributed by atoms with Crippen molar-refractivity contribution in [2.24, 2.45) is 0 Å². The molecule has 1 atom stereocenters. The minimum absolute atomic E-state index is 0.0384. The first kappa shape index (κ1) is 10.9. The van der Waals surface area contributed by atoms with Gasteiger partial charge in [-0.3, -0.25) is 4.79 Å². The van der Waals surface area contributed by atoms with Gasteiger partial charge in [0.25, 0.3) is 0 Å². The van der Waals surface area contributed by atoms with Gasteiger partial charge in [-0.25, -0.2) is 4.79 Å². The number of rotatable bonds is 2. The molecule has 1 unspecified atom stereocenters. The first-order valence-corrected chi connectivity index (χ1v) is 5.13. The van der Waals surface area contributed by atoms with Crippen molar-refractivity contribution in [2.45, 2.75) is 25.4 Å². The van der Waals surface area contributed by atoms with E-state index >= 15 is 0 Å². The number of hydrogen-bond acceptors (Lipinski definition) is 3. The molecule has 5 heteroatoms. The number of carbonyl (C=O) groups is 1. The molecule has 0 saturated heterocycles. The number of aryl methyl sites for hydroxylation is 1. The summed E-state index contributed by atoms with van der Waals surface area (Å²) in [4.78, 5) is 25.0. The smallest absolute Gasteiger partial charge is 0.336 e. The molecule has 1 heterocycles. The lowest BCUT2D eigenvalue weighted by Gasteiger charge is -2.24. The van der Waals surface area contributed by atoms with Crippen LogP contribution in [-0.4, -0.2) is 29.3 Å². The normalized spacial score (nSPS) is 19.2. The molecule has 2 N–H and O–H groups in total. The van der Waals surface area contributed by atoms with Crippen LogP contribution in [-0.2, 0) is 17.6 Å². The Morgan fingerprint density at radius 1 is 1.62 bits per heavy atom. The Labute approximate surface area is 92.1 Å².